The minimum atomic E-state index is -0.441. The fraction of sp³-hybridized carbons (Fsp3) is 0.214. The van der Waals surface area contributed by atoms with Crippen LogP contribution in [0.3, 0.4) is 0 Å². The molecule has 0 saturated heterocycles. The zero-order valence-corrected chi connectivity index (χ0v) is 10.8. The van der Waals surface area contributed by atoms with Crippen molar-refractivity contribution in [2.24, 2.45) is 0 Å². The Bertz CT molecular complexity index is 676. The summed E-state index contributed by atoms with van der Waals surface area (Å²) in [6, 6.07) is 6.33. The molecule has 2 heterocycles. The summed E-state index contributed by atoms with van der Waals surface area (Å²) in [5.41, 5.74) is 2.91. The Balaban J connectivity index is 2.07. The van der Waals surface area contributed by atoms with Crippen LogP contribution in [0, 0.1) is 10.1 Å². The second-order valence-corrected chi connectivity index (χ2v) is 4.77. The molecule has 3 rings (SSSR count). The Morgan fingerprint density at radius 2 is 2.25 bits per heavy atom. The van der Waals surface area contributed by atoms with Crippen molar-refractivity contribution in [2.75, 3.05) is 6.61 Å². The van der Waals surface area contributed by atoms with Crippen molar-refractivity contribution in [3.05, 3.63) is 63.0 Å². The largest absolute Gasteiger partial charge is 0.456 e. The molecule has 1 aromatic carbocycles. The van der Waals surface area contributed by atoms with Crippen molar-refractivity contribution < 1.29 is 14.5 Å². The first-order valence-corrected chi connectivity index (χ1v) is 6.16. The van der Waals surface area contributed by atoms with Gasteiger partial charge in [0, 0.05) is 23.7 Å². The summed E-state index contributed by atoms with van der Waals surface area (Å²) in [7, 11) is 0. The van der Waals surface area contributed by atoms with Gasteiger partial charge in [-0.1, -0.05) is 18.2 Å². The average molecular weight is 272 g/mol. The van der Waals surface area contributed by atoms with Crippen molar-refractivity contribution in [1.29, 1.82) is 0 Å². The first-order chi connectivity index (χ1) is 9.56. The van der Waals surface area contributed by atoms with E-state index in [0.29, 0.717) is 11.1 Å². The molecule has 0 saturated carbocycles. The van der Waals surface area contributed by atoms with Gasteiger partial charge in [-0.05, 0) is 12.5 Å². The Morgan fingerprint density at radius 3 is 3.00 bits per heavy atom. The molecule has 1 aromatic rings. The third-order valence-corrected chi connectivity index (χ3v) is 3.41. The van der Waals surface area contributed by atoms with Crippen molar-refractivity contribution in [3.63, 3.8) is 0 Å². The van der Waals surface area contributed by atoms with E-state index in [2.05, 4.69) is 5.32 Å². The average Bonchev–Trinajstić information content (AvgIpc) is 2.79. The van der Waals surface area contributed by atoms with Gasteiger partial charge in [-0.15, -0.1) is 0 Å². The van der Waals surface area contributed by atoms with E-state index in [9.17, 15) is 14.9 Å². The van der Waals surface area contributed by atoms with Gasteiger partial charge < -0.3 is 10.1 Å². The van der Waals surface area contributed by atoms with Crippen molar-refractivity contribution in [2.45, 2.75) is 12.8 Å². The standard InChI is InChI=1S/C14H12N2O4/c1-8-5-11(13-12(15-8)7-20-14(13)17)9-3-2-4-10(6-9)16(18)19/h2-6,11,15H,7H2,1H3. The molecule has 1 atom stereocenters. The monoisotopic (exact) mass is 272 g/mol. The molecule has 0 fully saturated rings. The predicted octanol–water partition coefficient (Wildman–Crippen LogP) is 2.00. The molecule has 6 nitrogen and oxygen atoms in total. The number of non-ortho nitro benzene ring substituents is 1. The van der Waals surface area contributed by atoms with Gasteiger partial charge >= 0.3 is 5.97 Å². The lowest BCUT2D eigenvalue weighted by molar-refractivity contribution is -0.384. The van der Waals surface area contributed by atoms with Crippen LogP contribution in [0.2, 0.25) is 0 Å². The Labute approximate surface area is 114 Å². The topological polar surface area (TPSA) is 81.5 Å². The number of benzene rings is 1. The number of allylic oxidation sites excluding steroid dienone is 2. The number of nitro benzene ring substituents is 1. The lowest BCUT2D eigenvalue weighted by Crippen LogP contribution is -2.21. The quantitative estimate of drug-likeness (QED) is 0.506. The van der Waals surface area contributed by atoms with Crippen LogP contribution < -0.4 is 5.32 Å². The molecular formula is C14H12N2O4. The highest BCUT2D eigenvalue weighted by Crippen LogP contribution is 2.36. The van der Waals surface area contributed by atoms with Gasteiger partial charge in [0.2, 0.25) is 0 Å². The van der Waals surface area contributed by atoms with E-state index in [1.165, 1.54) is 12.1 Å². The molecule has 102 valence electrons. The Hall–Kier alpha value is -2.63. The van der Waals surface area contributed by atoms with Crippen LogP contribution in [0.5, 0.6) is 0 Å². The lowest BCUT2D eigenvalue weighted by Gasteiger charge is -2.21. The highest BCUT2D eigenvalue weighted by Gasteiger charge is 2.34. The second-order valence-electron chi connectivity index (χ2n) is 4.77. The molecule has 0 bridgehead atoms. The van der Waals surface area contributed by atoms with Gasteiger partial charge in [0.25, 0.3) is 5.69 Å². The third-order valence-electron chi connectivity index (χ3n) is 3.41. The van der Waals surface area contributed by atoms with Crippen molar-refractivity contribution >= 4 is 11.7 Å². The van der Waals surface area contributed by atoms with Crippen LogP contribution in [-0.2, 0) is 9.53 Å². The normalized spacial score (nSPS) is 20.9. The summed E-state index contributed by atoms with van der Waals surface area (Å²) < 4.78 is 5.03. The number of rotatable bonds is 2. The molecule has 1 unspecified atom stereocenters. The fourth-order valence-electron chi connectivity index (χ4n) is 2.54. The van der Waals surface area contributed by atoms with E-state index >= 15 is 0 Å². The zero-order chi connectivity index (χ0) is 14.3. The lowest BCUT2D eigenvalue weighted by atomic mass is 9.87. The molecule has 2 aliphatic rings. The van der Waals surface area contributed by atoms with E-state index in [4.69, 9.17) is 4.74 Å². The third kappa shape index (κ3) is 1.95. The minimum absolute atomic E-state index is 0.0144. The number of dihydropyridines is 1. The molecular weight excluding hydrogens is 260 g/mol. The van der Waals surface area contributed by atoms with Gasteiger partial charge in [-0.2, -0.15) is 0 Å². The summed E-state index contributed by atoms with van der Waals surface area (Å²) in [6.07, 6.45) is 1.88. The number of nitrogens with zero attached hydrogens (tertiary/aromatic N) is 1. The summed E-state index contributed by atoms with van der Waals surface area (Å²) in [5.74, 6) is -0.672. The van der Waals surface area contributed by atoms with E-state index < -0.39 is 4.92 Å². The number of carbonyl (C=O) groups is 1. The predicted molar refractivity (Wildman–Crippen MR) is 70.7 cm³/mol. The molecule has 0 aromatic heterocycles. The number of carbonyl (C=O) groups excluding carboxylic acids is 1. The molecule has 0 radical (unpaired) electrons. The van der Waals surface area contributed by atoms with Crippen LogP contribution in [0.4, 0.5) is 5.69 Å². The van der Waals surface area contributed by atoms with Crippen molar-refractivity contribution in [3.8, 4) is 0 Å². The van der Waals surface area contributed by atoms with Gasteiger partial charge in [0.05, 0.1) is 16.2 Å². The fourth-order valence-corrected chi connectivity index (χ4v) is 2.54. The van der Waals surface area contributed by atoms with E-state index in [-0.39, 0.29) is 24.2 Å². The second kappa shape index (κ2) is 4.48. The van der Waals surface area contributed by atoms with Crippen LogP contribution in [0.25, 0.3) is 0 Å². The van der Waals surface area contributed by atoms with Gasteiger partial charge in [-0.3, -0.25) is 10.1 Å². The molecule has 20 heavy (non-hydrogen) atoms. The highest BCUT2D eigenvalue weighted by atomic mass is 16.6. The summed E-state index contributed by atoms with van der Waals surface area (Å²) in [6.45, 7) is 2.11. The van der Waals surface area contributed by atoms with Crippen molar-refractivity contribution in [1.82, 2.24) is 5.32 Å². The first-order valence-electron chi connectivity index (χ1n) is 6.16. The maximum atomic E-state index is 11.8. The number of nitrogens with one attached hydrogen (secondary N) is 1. The number of esters is 1. The molecule has 1 N–H and O–H groups in total. The van der Waals surface area contributed by atoms with Crippen LogP contribution in [0.15, 0.2) is 47.3 Å². The maximum Gasteiger partial charge on any atom is 0.337 e. The van der Waals surface area contributed by atoms with E-state index in [0.717, 1.165) is 11.4 Å². The van der Waals surface area contributed by atoms with Crippen LogP contribution >= 0.6 is 0 Å². The van der Waals surface area contributed by atoms with Crippen LogP contribution in [0.1, 0.15) is 18.4 Å². The smallest absolute Gasteiger partial charge is 0.337 e. The summed E-state index contributed by atoms with van der Waals surface area (Å²) >= 11 is 0. The first kappa shape index (κ1) is 12.4. The molecule has 0 amide bonds. The molecule has 2 aliphatic heterocycles. The molecule has 0 aliphatic carbocycles. The van der Waals surface area contributed by atoms with Gasteiger partial charge in [0.15, 0.2) is 0 Å². The van der Waals surface area contributed by atoms with Gasteiger partial charge in [-0.25, -0.2) is 4.79 Å². The number of hydrogen-bond acceptors (Lipinski definition) is 5. The Morgan fingerprint density at radius 1 is 1.45 bits per heavy atom. The maximum absolute atomic E-state index is 11.8. The number of ether oxygens (including phenoxy) is 1. The number of cyclic esters (lactones) is 1. The number of hydrogen-bond donors (Lipinski definition) is 1. The summed E-state index contributed by atoms with van der Waals surface area (Å²) in [5, 5.41) is 14.0. The van der Waals surface area contributed by atoms with Gasteiger partial charge in [0.1, 0.15) is 6.61 Å². The summed E-state index contributed by atoms with van der Waals surface area (Å²) in [4.78, 5) is 22.3. The minimum Gasteiger partial charge on any atom is -0.456 e. The highest BCUT2D eigenvalue weighted by molar-refractivity contribution is 5.94. The van der Waals surface area contributed by atoms with E-state index in [1.54, 1.807) is 12.1 Å². The SMILES string of the molecule is CC1=CC(c2cccc([N+](=O)[O-])c2)C2=C(COC2=O)N1. The Kier molecular flexibility index (Phi) is 2.78. The van der Waals surface area contributed by atoms with E-state index in [1.807, 2.05) is 13.0 Å². The zero-order valence-electron chi connectivity index (χ0n) is 10.8. The molecule has 6 heteroatoms. The number of nitro groups is 1. The molecule has 0 spiro atoms. The van der Waals surface area contributed by atoms with Crippen LogP contribution in [-0.4, -0.2) is 17.5 Å².